The van der Waals surface area contributed by atoms with Gasteiger partial charge in [-0.1, -0.05) is 12.1 Å². The first-order valence-electron chi connectivity index (χ1n) is 6.31. The quantitative estimate of drug-likeness (QED) is 0.866. The number of nitrogens with two attached hydrogens (primary N) is 1. The minimum atomic E-state index is 0.139. The van der Waals surface area contributed by atoms with Crippen LogP contribution in [0, 0.1) is 0 Å². The van der Waals surface area contributed by atoms with Crippen molar-refractivity contribution >= 4 is 0 Å². The van der Waals surface area contributed by atoms with Gasteiger partial charge >= 0.3 is 0 Å². The molecule has 0 aliphatic rings. The zero-order valence-electron chi connectivity index (χ0n) is 11.4. The van der Waals surface area contributed by atoms with Crippen molar-refractivity contribution in [3.8, 4) is 5.75 Å². The molecule has 4 heteroatoms. The van der Waals surface area contributed by atoms with Crippen molar-refractivity contribution in [1.82, 2.24) is 4.90 Å². The summed E-state index contributed by atoms with van der Waals surface area (Å²) in [4.78, 5) is 2.17. The smallest absolute Gasteiger partial charge is 0.119 e. The maximum Gasteiger partial charge on any atom is 0.119 e. The number of hydrogen-bond acceptors (Lipinski definition) is 4. The van der Waals surface area contributed by atoms with E-state index < -0.39 is 0 Å². The average Bonchev–Trinajstić information content (AvgIpc) is 2.92. The molecule has 0 aliphatic heterocycles. The summed E-state index contributed by atoms with van der Waals surface area (Å²) in [5, 5.41) is 0. The van der Waals surface area contributed by atoms with E-state index in [2.05, 4.69) is 11.0 Å². The van der Waals surface area contributed by atoms with Crippen LogP contribution in [0.3, 0.4) is 0 Å². The number of likely N-dealkylation sites (N-methyl/N-ethyl adjacent to an activating group) is 1. The molecule has 0 bridgehead atoms. The molecule has 1 atom stereocenters. The van der Waals surface area contributed by atoms with Gasteiger partial charge in [-0.25, -0.2) is 0 Å². The molecule has 0 saturated heterocycles. The van der Waals surface area contributed by atoms with E-state index in [0.29, 0.717) is 6.54 Å². The monoisotopic (exact) mass is 260 g/mol. The van der Waals surface area contributed by atoms with E-state index in [1.54, 1.807) is 13.4 Å². The minimum absolute atomic E-state index is 0.139. The molecule has 1 heterocycles. The zero-order chi connectivity index (χ0) is 13.7. The summed E-state index contributed by atoms with van der Waals surface area (Å²) in [7, 11) is 3.71. The van der Waals surface area contributed by atoms with Crippen molar-refractivity contribution in [2.24, 2.45) is 5.73 Å². The third kappa shape index (κ3) is 3.36. The number of rotatable bonds is 6. The van der Waals surface area contributed by atoms with E-state index in [0.717, 1.165) is 23.6 Å². The first-order chi connectivity index (χ1) is 9.24. The number of hydrogen-bond donors (Lipinski definition) is 1. The molecule has 0 fully saturated rings. The molecule has 2 aromatic rings. The van der Waals surface area contributed by atoms with E-state index >= 15 is 0 Å². The Bertz CT molecular complexity index is 497. The summed E-state index contributed by atoms with van der Waals surface area (Å²) in [6.45, 7) is 1.27. The highest BCUT2D eigenvalue weighted by molar-refractivity contribution is 5.30. The molecule has 19 heavy (non-hydrogen) atoms. The lowest BCUT2D eigenvalue weighted by molar-refractivity contribution is 0.222. The summed E-state index contributed by atoms with van der Waals surface area (Å²) in [5.74, 6) is 1.78. The highest BCUT2D eigenvalue weighted by Gasteiger charge is 2.17. The van der Waals surface area contributed by atoms with Crippen LogP contribution in [0.5, 0.6) is 5.75 Å². The molecular weight excluding hydrogens is 240 g/mol. The highest BCUT2D eigenvalue weighted by Crippen LogP contribution is 2.23. The van der Waals surface area contributed by atoms with Gasteiger partial charge in [0.15, 0.2) is 0 Å². The van der Waals surface area contributed by atoms with Crippen LogP contribution in [0.25, 0.3) is 0 Å². The second-order valence-electron chi connectivity index (χ2n) is 4.52. The van der Waals surface area contributed by atoms with Crippen molar-refractivity contribution < 1.29 is 9.15 Å². The molecular formula is C15H20N2O2. The van der Waals surface area contributed by atoms with Crippen LogP contribution < -0.4 is 10.5 Å². The largest absolute Gasteiger partial charge is 0.497 e. The molecule has 1 aromatic carbocycles. The van der Waals surface area contributed by atoms with Crippen molar-refractivity contribution in [3.05, 3.63) is 54.0 Å². The fourth-order valence-electron chi connectivity index (χ4n) is 2.18. The number of benzene rings is 1. The van der Waals surface area contributed by atoms with Crippen LogP contribution in [-0.4, -0.2) is 25.6 Å². The van der Waals surface area contributed by atoms with Gasteiger partial charge in [-0.15, -0.1) is 0 Å². The van der Waals surface area contributed by atoms with Gasteiger partial charge in [0.1, 0.15) is 11.5 Å². The minimum Gasteiger partial charge on any atom is -0.497 e. The maximum atomic E-state index is 5.91. The van der Waals surface area contributed by atoms with Gasteiger partial charge < -0.3 is 14.9 Å². The van der Waals surface area contributed by atoms with Crippen molar-refractivity contribution in [1.29, 1.82) is 0 Å². The Balaban J connectivity index is 2.13. The van der Waals surface area contributed by atoms with Crippen molar-refractivity contribution in [2.45, 2.75) is 12.6 Å². The lowest BCUT2D eigenvalue weighted by Gasteiger charge is -2.26. The maximum absolute atomic E-state index is 5.91. The lowest BCUT2D eigenvalue weighted by atomic mass is 10.1. The predicted molar refractivity (Wildman–Crippen MR) is 75.0 cm³/mol. The fourth-order valence-corrected chi connectivity index (χ4v) is 2.18. The molecule has 0 saturated carbocycles. The van der Waals surface area contributed by atoms with Gasteiger partial charge in [-0.2, -0.15) is 0 Å². The first kappa shape index (κ1) is 13.6. The van der Waals surface area contributed by atoms with Gasteiger partial charge in [-0.05, 0) is 36.9 Å². The summed E-state index contributed by atoms with van der Waals surface area (Å²) >= 11 is 0. The molecule has 0 radical (unpaired) electrons. The standard InChI is InChI=1S/C15H20N2O2/c1-17(11-14-7-4-8-19-14)15(10-16)12-5-3-6-13(9-12)18-2/h3-9,15H,10-11,16H2,1-2H3. The Kier molecular flexibility index (Phi) is 4.60. The van der Waals surface area contributed by atoms with E-state index in [1.165, 1.54) is 0 Å². The third-order valence-electron chi connectivity index (χ3n) is 3.22. The molecule has 1 unspecified atom stereocenters. The lowest BCUT2D eigenvalue weighted by Crippen LogP contribution is -2.30. The Morgan fingerprint density at radius 2 is 2.16 bits per heavy atom. The van der Waals surface area contributed by atoms with E-state index in [4.69, 9.17) is 14.9 Å². The van der Waals surface area contributed by atoms with Crippen LogP contribution in [0.1, 0.15) is 17.4 Å². The van der Waals surface area contributed by atoms with Gasteiger partial charge in [0.25, 0.3) is 0 Å². The Morgan fingerprint density at radius 3 is 2.79 bits per heavy atom. The highest BCUT2D eigenvalue weighted by atomic mass is 16.5. The van der Waals surface area contributed by atoms with Crippen LogP contribution in [0.4, 0.5) is 0 Å². The Hall–Kier alpha value is -1.78. The molecule has 2 rings (SSSR count). The Morgan fingerprint density at radius 1 is 1.32 bits per heavy atom. The topological polar surface area (TPSA) is 51.6 Å². The fraction of sp³-hybridized carbons (Fsp3) is 0.333. The van der Waals surface area contributed by atoms with E-state index in [9.17, 15) is 0 Å². The molecule has 4 nitrogen and oxygen atoms in total. The normalized spacial score (nSPS) is 12.6. The van der Waals surface area contributed by atoms with Crippen LogP contribution in [0.2, 0.25) is 0 Å². The van der Waals surface area contributed by atoms with Gasteiger partial charge in [0.2, 0.25) is 0 Å². The molecule has 0 aliphatic carbocycles. The third-order valence-corrected chi connectivity index (χ3v) is 3.22. The number of ether oxygens (including phenoxy) is 1. The van der Waals surface area contributed by atoms with Gasteiger partial charge in [0, 0.05) is 12.6 Å². The van der Waals surface area contributed by atoms with Crippen LogP contribution >= 0.6 is 0 Å². The summed E-state index contributed by atoms with van der Waals surface area (Å²) in [6, 6.07) is 12.0. The van der Waals surface area contributed by atoms with Gasteiger partial charge in [0.05, 0.1) is 19.9 Å². The first-order valence-corrected chi connectivity index (χ1v) is 6.31. The zero-order valence-corrected chi connectivity index (χ0v) is 11.4. The Labute approximate surface area is 113 Å². The summed E-state index contributed by atoms with van der Waals surface area (Å²) < 4.78 is 10.6. The predicted octanol–water partition coefficient (Wildman–Crippen LogP) is 2.42. The molecule has 102 valence electrons. The average molecular weight is 260 g/mol. The second kappa shape index (κ2) is 6.41. The summed E-state index contributed by atoms with van der Waals surface area (Å²) in [5.41, 5.74) is 7.06. The number of methoxy groups -OCH3 is 1. The van der Waals surface area contributed by atoms with Gasteiger partial charge in [-0.3, -0.25) is 4.90 Å². The second-order valence-corrected chi connectivity index (χ2v) is 4.52. The number of furan rings is 1. The summed E-state index contributed by atoms with van der Waals surface area (Å²) in [6.07, 6.45) is 1.69. The van der Waals surface area contributed by atoms with Crippen molar-refractivity contribution in [3.63, 3.8) is 0 Å². The van der Waals surface area contributed by atoms with E-state index in [1.807, 2.05) is 37.4 Å². The SMILES string of the molecule is COc1cccc(C(CN)N(C)Cc2ccco2)c1. The van der Waals surface area contributed by atoms with Crippen LogP contribution in [0.15, 0.2) is 47.1 Å². The number of nitrogens with zero attached hydrogens (tertiary/aromatic N) is 1. The molecule has 1 aromatic heterocycles. The van der Waals surface area contributed by atoms with Crippen molar-refractivity contribution in [2.75, 3.05) is 20.7 Å². The van der Waals surface area contributed by atoms with Crippen LogP contribution in [-0.2, 0) is 6.54 Å². The van der Waals surface area contributed by atoms with E-state index in [-0.39, 0.29) is 6.04 Å². The molecule has 2 N–H and O–H groups in total. The molecule has 0 amide bonds. The molecule has 0 spiro atoms.